The van der Waals surface area contributed by atoms with E-state index in [1.807, 2.05) is 0 Å². The van der Waals surface area contributed by atoms with E-state index in [1.165, 1.54) is 57.8 Å². The van der Waals surface area contributed by atoms with E-state index in [9.17, 15) is 8.42 Å². The molecule has 0 bridgehead atoms. The first kappa shape index (κ1) is 30.0. The van der Waals surface area contributed by atoms with Gasteiger partial charge in [0.05, 0.1) is 11.5 Å². The molecule has 28 heavy (non-hydrogen) atoms. The Kier molecular flexibility index (Phi) is 21.5. The third-order valence-corrected chi connectivity index (χ3v) is 5.34. The molecule has 1 rings (SSSR count). The zero-order chi connectivity index (χ0) is 20.4. The summed E-state index contributed by atoms with van der Waals surface area (Å²) in [5.74, 6) is 0. The molecule has 0 aliphatic carbocycles. The average molecular weight is 448 g/mol. The van der Waals surface area contributed by atoms with Crippen LogP contribution in [0.15, 0.2) is 35.2 Å². The number of aliphatic hydroxyl groups is 1. The Morgan fingerprint density at radius 3 is 1.64 bits per heavy atom. The van der Waals surface area contributed by atoms with Gasteiger partial charge in [-0.3, -0.25) is 4.18 Å². The predicted molar refractivity (Wildman–Crippen MR) is 113 cm³/mol. The number of hydrogen-bond donors (Lipinski definition) is 1. The molecule has 0 fully saturated rings. The molecule has 1 aromatic rings. The molecule has 0 aromatic heterocycles. The topological polar surface area (TPSA) is 63.6 Å². The van der Waals surface area contributed by atoms with Gasteiger partial charge < -0.3 is 5.11 Å². The summed E-state index contributed by atoms with van der Waals surface area (Å²) >= 11 is 0. The van der Waals surface area contributed by atoms with E-state index >= 15 is 0 Å². The molecule has 162 valence electrons. The van der Waals surface area contributed by atoms with Crippen LogP contribution in [0.5, 0.6) is 0 Å². The molecule has 0 unspecified atom stereocenters. The van der Waals surface area contributed by atoms with Crippen molar-refractivity contribution in [1.29, 1.82) is 0 Å². The summed E-state index contributed by atoms with van der Waals surface area (Å²) in [5.41, 5.74) is 0. The normalized spacial score (nSPS) is 10.9. The van der Waals surface area contributed by atoms with Gasteiger partial charge in [-0.25, -0.2) is 0 Å². The van der Waals surface area contributed by atoms with Crippen molar-refractivity contribution in [2.24, 2.45) is 0 Å². The Hall–Kier alpha value is -0.196. The summed E-state index contributed by atoms with van der Waals surface area (Å²) < 4.78 is 28.9. The number of benzene rings is 1. The third kappa shape index (κ3) is 19.1. The molecule has 0 saturated carbocycles. The van der Waals surface area contributed by atoms with Crippen molar-refractivity contribution in [3.05, 3.63) is 30.3 Å². The van der Waals surface area contributed by atoms with E-state index < -0.39 is 10.1 Å². The minimum absolute atomic E-state index is 0. The van der Waals surface area contributed by atoms with E-state index in [0.29, 0.717) is 0 Å². The van der Waals surface area contributed by atoms with E-state index in [-0.39, 0.29) is 39.3 Å². The van der Waals surface area contributed by atoms with Gasteiger partial charge in [0, 0.05) is 27.8 Å². The maximum atomic E-state index is 11.9. The van der Waals surface area contributed by atoms with Crippen LogP contribution < -0.4 is 0 Å². The van der Waals surface area contributed by atoms with Crippen LogP contribution in [0.1, 0.15) is 91.4 Å². The van der Waals surface area contributed by atoms with Gasteiger partial charge in [0.15, 0.2) is 0 Å². The minimum atomic E-state index is -3.57. The van der Waals surface area contributed by atoms with E-state index in [1.54, 1.807) is 44.2 Å². The molecule has 0 aliphatic rings. The second-order valence-electron chi connectivity index (χ2n) is 7.22. The van der Waals surface area contributed by atoms with Crippen molar-refractivity contribution in [3.8, 4) is 0 Å². The van der Waals surface area contributed by atoms with Gasteiger partial charge in [0.25, 0.3) is 10.1 Å². The molecule has 0 heterocycles. The molecule has 1 N–H and O–H groups in total. The number of unbranched alkanes of at least 4 members (excludes halogenated alkanes) is 10. The second-order valence-corrected chi connectivity index (χ2v) is 8.83. The van der Waals surface area contributed by atoms with Crippen molar-refractivity contribution in [2.45, 2.75) is 102 Å². The van der Waals surface area contributed by atoms with E-state index in [4.69, 9.17) is 9.29 Å². The van der Waals surface area contributed by atoms with Crippen molar-refractivity contribution in [3.63, 3.8) is 0 Å². The molecule has 0 aliphatic heterocycles. The van der Waals surface area contributed by atoms with Crippen LogP contribution in [0.2, 0.25) is 0 Å². The van der Waals surface area contributed by atoms with Crippen molar-refractivity contribution >= 4 is 10.1 Å². The van der Waals surface area contributed by atoms with Crippen LogP contribution >= 0.6 is 0 Å². The minimum Gasteiger partial charge on any atom is -0.394 e. The van der Waals surface area contributed by atoms with Gasteiger partial charge in [-0.2, -0.15) is 8.42 Å². The fourth-order valence-corrected chi connectivity index (χ4v) is 3.55. The fraction of sp³-hybridized carbons (Fsp3) is 0.727. The molecule has 1 aromatic carbocycles. The zero-order valence-corrected chi connectivity index (χ0v) is 20.4. The van der Waals surface area contributed by atoms with Crippen LogP contribution in [-0.4, -0.2) is 26.2 Å². The molecule has 0 saturated heterocycles. The Labute approximate surface area is 188 Å². The largest absolute Gasteiger partial charge is 0.394 e. The molecule has 0 amide bonds. The maximum Gasteiger partial charge on any atom is 0.296 e. The summed E-state index contributed by atoms with van der Waals surface area (Å²) in [6.45, 7) is 5.98. The quantitative estimate of drug-likeness (QED) is 0.213. The zero-order valence-electron chi connectivity index (χ0n) is 18.0. The van der Waals surface area contributed by atoms with Crippen molar-refractivity contribution < 1.29 is 39.4 Å². The van der Waals surface area contributed by atoms with Gasteiger partial charge in [-0.1, -0.05) is 89.3 Å². The van der Waals surface area contributed by atoms with Crippen LogP contribution in [-0.2, 0) is 36.0 Å². The third-order valence-electron chi connectivity index (χ3n) is 4.02. The van der Waals surface area contributed by atoms with Crippen molar-refractivity contribution in [1.82, 2.24) is 0 Å². The number of hydrogen-bond acceptors (Lipinski definition) is 4. The van der Waals surface area contributed by atoms with E-state index in [0.717, 1.165) is 12.8 Å². The number of aliphatic hydroxyl groups excluding tert-OH is 1. The van der Waals surface area contributed by atoms with Crippen LogP contribution in [0, 0.1) is 0 Å². The standard InChI is InChI=1S/C19H32O3S.C3H8O.Ti/c1-2-3-4-5-6-7-8-9-10-11-15-18-22-23(20,21)19-16-13-12-14-17-19;1-3(2)4;/h12-14,16-17H,2-11,15,18H2,1H3;3-4H,1-2H3;. The van der Waals surface area contributed by atoms with Crippen LogP contribution in [0.4, 0.5) is 0 Å². The average Bonchev–Trinajstić information content (AvgIpc) is 2.63. The maximum absolute atomic E-state index is 11.9. The molecule has 4 nitrogen and oxygen atoms in total. The first-order chi connectivity index (χ1) is 12.9. The SMILES string of the molecule is CC(C)O.CCCCCCCCCCCCCOS(=O)(=O)c1ccccc1.[Ti]. The molecule has 6 heteroatoms. The van der Waals surface area contributed by atoms with Crippen molar-refractivity contribution in [2.75, 3.05) is 6.61 Å². The van der Waals surface area contributed by atoms with Gasteiger partial charge in [-0.05, 0) is 32.4 Å². The fourth-order valence-electron chi connectivity index (χ4n) is 2.59. The summed E-state index contributed by atoms with van der Waals surface area (Å²) in [6.07, 6.45) is 13.5. The van der Waals surface area contributed by atoms with Crippen LogP contribution in [0.3, 0.4) is 0 Å². The molecular formula is C22H40O4STi. The smallest absolute Gasteiger partial charge is 0.296 e. The molecule has 0 spiro atoms. The predicted octanol–water partition coefficient (Wildman–Crippen LogP) is 6.09. The molecule has 0 radical (unpaired) electrons. The Balaban J connectivity index is 0. The monoisotopic (exact) mass is 448 g/mol. The first-order valence-corrected chi connectivity index (χ1v) is 11.9. The summed E-state index contributed by atoms with van der Waals surface area (Å²) in [6, 6.07) is 8.34. The Morgan fingerprint density at radius 1 is 0.821 bits per heavy atom. The van der Waals surface area contributed by atoms with Gasteiger partial charge in [-0.15, -0.1) is 0 Å². The Morgan fingerprint density at radius 2 is 1.21 bits per heavy atom. The van der Waals surface area contributed by atoms with Crippen LogP contribution in [0.25, 0.3) is 0 Å². The van der Waals surface area contributed by atoms with E-state index in [2.05, 4.69) is 6.92 Å². The number of rotatable bonds is 14. The Bertz CT molecular complexity index is 530. The van der Waals surface area contributed by atoms with Gasteiger partial charge in [0.2, 0.25) is 0 Å². The second kappa shape index (κ2) is 20.1. The molecule has 0 atom stereocenters. The van der Waals surface area contributed by atoms with Gasteiger partial charge in [0.1, 0.15) is 0 Å². The van der Waals surface area contributed by atoms with Gasteiger partial charge >= 0.3 is 0 Å². The summed E-state index contributed by atoms with van der Waals surface area (Å²) in [5, 5.41) is 8.06. The summed E-state index contributed by atoms with van der Waals surface area (Å²) in [4.78, 5) is 0.239. The summed E-state index contributed by atoms with van der Waals surface area (Å²) in [7, 11) is -3.57. The first-order valence-electron chi connectivity index (χ1n) is 10.5. The molecular weight excluding hydrogens is 408 g/mol.